The lowest BCUT2D eigenvalue weighted by atomic mass is 9.88. The Morgan fingerprint density at radius 3 is 2.72 bits per heavy atom. The Morgan fingerprint density at radius 1 is 1.07 bits per heavy atom. The number of aryl methyl sites for hydroxylation is 1. The molecule has 1 amide bonds. The molecular weight excluding hydrogens is 362 g/mol. The summed E-state index contributed by atoms with van der Waals surface area (Å²) < 4.78 is 5.95. The largest absolute Gasteiger partial charge is 0.440 e. The number of rotatable bonds is 4. The van der Waals surface area contributed by atoms with Crippen LogP contribution in [0.4, 0.5) is 0 Å². The van der Waals surface area contributed by atoms with Crippen LogP contribution in [0.1, 0.15) is 54.7 Å². The lowest BCUT2D eigenvalue weighted by molar-refractivity contribution is -0.123. The van der Waals surface area contributed by atoms with Gasteiger partial charge < -0.3 is 9.73 Å². The number of para-hydroxylation sites is 2. The van der Waals surface area contributed by atoms with Gasteiger partial charge in [0.25, 0.3) is 0 Å². The summed E-state index contributed by atoms with van der Waals surface area (Å²) in [6.45, 7) is 2.27. The van der Waals surface area contributed by atoms with Gasteiger partial charge in [0, 0.05) is 5.92 Å². The molecule has 0 spiro atoms. The van der Waals surface area contributed by atoms with E-state index in [9.17, 15) is 4.79 Å². The number of hydrogen-bond donors (Lipinski definition) is 1. The highest BCUT2D eigenvalue weighted by atomic mass is 16.3. The molecule has 5 rings (SSSR count). The normalized spacial score (nSPS) is 20.5. The smallest absolute Gasteiger partial charge is 0.234 e. The standard InChI is InChI=1S/C24H27N3O2/c28-23(25-20-10-5-7-17-6-1-2-8-19(17)20)16-27-14-12-18(13-15-27)24-26-21-9-3-4-11-22(21)29-24/h1-4,6,8-9,11,18,20H,5,7,10,12-16H2,(H,25,28). The molecule has 1 saturated heterocycles. The Bertz CT molecular complexity index is 971. The van der Waals surface area contributed by atoms with Crippen LogP contribution >= 0.6 is 0 Å². The zero-order valence-corrected chi connectivity index (χ0v) is 16.6. The molecule has 2 heterocycles. The Labute approximate surface area is 171 Å². The number of fused-ring (bicyclic) bond motifs is 2. The van der Waals surface area contributed by atoms with E-state index in [1.54, 1.807) is 0 Å². The Hall–Kier alpha value is -2.66. The number of hydrogen-bond acceptors (Lipinski definition) is 4. The molecule has 3 aromatic rings. The predicted molar refractivity (Wildman–Crippen MR) is 113 cm³/mol. The summed E-state index contributed by atoms with van der Waals surface area (Å²) in [5.74, 6) is 1.31. The number of oxazole rings is 1. The van der Waals surface area contributed by atoms with Crippen molar-refractivity contribution < 1.29 is 9.21 Å². The van der Waals surface area contributed by atoms with Crippen molar-refractivity contribution in [3.8, 4) is 0 Å². The Kier molecular flexibility index (Phi) is 5.06. The summed E-state index contributed by atoms with van der Waals surface area (Å²) in [4.78, 5) is 19.6. The average Bonchev–Trinajstić information content (AvgIpc) is 3.19. The van der Waals surface area contributed by atoms with E-state index < -0.39 is 0 Å². The van der Waals surface area contributed by atoms with Crippen molar-refractivity contribution in [2.24, 2.45) is 0 Å². The lowest BCUT2D eigenvalue weighted by Crippen LogP contribution is -2.42. The monoisotopic (exact) mass is 389 g/mol. The van der Waals surface area contributed by atoms with Crippen LogP contribution in [0.5, 0.6) is 0 Å². The first-order chi connectivity index (χ1) is 14.3. The second kappa shape index (κ2) is 7.99. The first-order valence-electron chi connectivity index (χ1n) is 10.7. The quantitative estimate of drug-likeness (QED) is 0.726. The van der Waals surface area contributed by atoms with Crippen LogP contribution in [0.25, 0.3) is 11.1 Å². The summed E-state index contributed by atoms with van der Waals surface area (Å²) in [6, 6.07) is 16.6. The molecule has 2 aliphatic rings. The maximum Gasteiger partial charge on any atom is 0.234 e. The van der Waals surface area contributed by atoms with Crippen molar-refractivity contribution in [3.05, 3.63) is 65.5 Å². The molecule has 150 valence electrons. The van der Waals surface area contributed by atoms with Crippen LogP contribution in [0.3, 0.4) is 0 Å². The zero-order chi connectivity index (χ0) is 19.6. The van der Waals surface area contributed by atoms with Crippen LogP contribution in [0.2, 0.25) is 0 Å². The van der Waals surface area contributed by atoms with E-state index in [4.69, 9.17) is 4.42 Å². The fourth-order valence-electron chi connectivity index (χ4n) is 4.75. The van der Waals surface area contributed by atoms with Crippen molar-refractivity contribution in [1.82, 2.24) is 15.2 Å². The van der Waals surface area contributed by atoms with E-state index in [1.165, 1.54) is 11.1 Å². The number of carbonyl (C=O) groups excluding carboxylic acids is 1. The summed E-state index contributed by atoms with van der Waals surface area (Å²) in [5.41, 5.74) is 4.46. The number of piperidine rings is 1. The predicted octanol–water partition coefficient (Wildman–Crippen LogP) is 4.20. The molecule has 1 atom stereocenters. The number of likely N-dealkylation sites (tertiary alicyclic amines) is 1. The summed E-state index contributed by atoms with van der Waals surface area (Å²) in [7, 11) is 0. The molecule has 29 heavy (non-hydrogen) atoms. The number of nitrogens with zero attached hydrogens (tertiary/aromatic N) is 2. The SMILES string of the molecule is O=C(CN1CCC(c2nc3ccccc3o2)CC1)NC1CCCc2ccccc21. The van der Waals surface area contributed by atoms with Crippen molar-refractivity contribution in [2.45, 2.75) is 44.1 Å². The number of nitrogens with one attached hydrogen (secondary N) is 1. The highest BCUT2D eigenvalue weighted by Crippen LogP contribution is 2.31. The number of amides is 1. The molecule has 0 bridgehead atoms. The number of benzene rings is 2. The van der Waals surface area contributed by atoms with Crippen LogP contribution in [-0.2, 0) is 11.2 Å². The van der Waals surface area contributed by atoms with Gasteiger partial charge in [-0.2, -0.15) is 0 Å². The van der Waals surface area contributed by atoms with Gasteiger partial charge in [0.15, 0.2) is 11.5 Å². The molecule has 0 radical (unpaired) electrons. The van der Waals surface area contributed by atoms with Gasteiger partial charge in [-0.15, -0.1) is 0 Å². The van der Waals surface area contributed by atoms with Crippen molar-refractivity contribution >= 4 is 17.0 Å². The molecular formula is C24H27N3O2. The molecule has 0 saturated carbocycles. The first kappa shape index (κ1) is 18.4. The van der Waals surface area contributed by atoms with Gasteiger partial charge in [0.2, 0.25) is 5.91 Å². The highest BCUT2D eigenvalue weighted by molar-refractivity contribution is 5.78. The molecule has 1 aromatic heterocycles. The molecule has 1 N–H and O–H groups in total. The minimum atomic E-state index is 0.131. The molecule has 5 heteroatoms. The van der Waals surface area contributed by atoms with Crippen LogP contribution in [0.15, 0.2) is 52.9 Å². The third-order valence-corrected chi connectivity index (χ3v) is 6.32. The molecule has 1 fully saturated rings. The van der Waals surface area contributed by atoms with Gasteiger partial charge in [-0.1, -0.05) is 36.4 Å². The van der Waals surface area contributed by atoms with Gasteiger partial charge in [-0.05, 0) is 68.5 Å². The van der Waals surface area contributed by atoms with E-state index in [1.807, 2.05) is 24.3 Å². The Morgan fingerprint density at radius 2 is 1.86 bits per heavy atom. The fourth-order valence-corrected chi connectivity index (χ4v) is 4.75. The van der Waals surface area contributed by atoms with Crippen LogP contribution in [0, 0.1) is 0 Å². The van der Waals surface area contributed by atoms with E-state index in [-0.39, 0.29) is 11.9 Å². The summed E-state index contributed by atoms with van der Waals surface area (Å²) in [5, 5.41) is 3.27. The fraction of sp³-hybridized carbons (Fsp3) is 0.417. The first-order valence-corrected chi connectivity index (χ1v) is 10.7. The number of carbonyl (C=O) groups is 1. The van der Waals surface area contributed by atoms with Crippen LogP contribution < -0.4 is 5.32 Å². The van der Waals surface area contributed by atoms with Gasteiger partial charge in [-0.25, -0.2) is 4.98 Å². The van der Waals surface area contributed by atoms with E-state index in [2.05, 4.69) is 39.5 Å². The van der Waals surface area contributed by atoms with E-state index in [0.29, 0.717) is 12.5 Å². The molecule has 1 aliphatic carbocycles. The maximum absolute atomic E-state index is 12.7. The minimum Gasteiger partial charge on any atom is -0.440 e. The van der Waals surface area contributed by atoms with Gasteiger partial charge >= 0.3 is 0 Å². The van der Waals surface area contributed by atoms with Crippen molar-refractivity contribution in [2.75, 3.05) is 19.6 Å². The van der Waals surface area contributed by atoms with E-state index in [0.717, 1.165) is 62.2 Å². The summed E-state index contributed by atoms with van der Waals surface area (Å²) in [6.07, 6.45) is 5.24. The zero-order valence-electron chi connectivity index (χ0n) is 16.6. The van der Waals surface area contributed by atoms with Gasteiger partial charge in [-0.3, -0.25) is 9.69 Å². The topological polar surface area (TPSA) is 58.4 Å². The lowest BCUT2D eigenvalue weighted by Gasteiger charge is -2.31. The second-order valence-electron chi connectivity index (χ2n) is 8.28. The maximum atomic E-state index is 12.7. The molecule has 5 nitrogen and oxygen atoms in total. The Balaban J connectivity index is 1.15. The summed E-state index contributed by atoms with van der Waals surface area (Å²) >= 11 is 0. The minimum absolute atomic E-state index is 0.131. The van der Waals surface area contributed by atoms with Crippen molar-refractivity contribution in [1.29, 1.82) is 0 Å². The van der Waals surface area contributed by atoms with Gasteiger partial charge in [0.1, 0.15) is 5.52 Å². The third kappa shape index (κ3) is 3.92. The van der Waals surface area contributed by atoms with Gasteiger partial charge in [0.05, 0.1) is 12.6 Å². The van der Waals surface area contributed by atoms with Crippen molar-refractivity contribution in [3.63, 3.8) is 0 Å². The second-order valence-corrected chi connectivity index (χ2v) is 8.28. The highest BCUT2D eigenvalue weighted by Gasteiger charge is 2.27. The average molecular weight is 389 g/mol. The molecule has 1 aliphatic heterocycles. The van der Waals surface area contributed by atoms with E-state index >= 15 is 0 Å². The number of aromatic nitrogens is 1. The van der Waals surface area contributed by atoms with Crippen LogP contribution in [-0.4, -0.2) is 35.4 Å². The molecule has 2 aromatic carbocycles. The third-order valence-electron chi connectivity index (χ3n) is 6.32. The molecule has 1 unspecified atom stereocenters.